The molecule has 1 saturated heterocycles. The summed E-state index contributed by atoms with van der Waals surface area (Å²) in [6.45, 7) is 1.91. The SMILES string of the molecule is COC[C@@H]1C[C@H](OC)CN1Cc1ccc(F)c(C#N)c1Cl. The average Bonchev–Trinajstić information content (AvgIpc) is 2.85. The average molecular weight is 313 g/mol. The lowest BCUT2D eigenvalue weighted by atomic mass is 10.1. The maximum atomic E-state index is 13.5. The van der Waals surface area contributed by atoms with Crippen LogP contribution in [-0.2, 0) is 16.0 Å². The third-order valence-electron chi connectivity index (χ3n) is 3.84. The quantitative estimate of drug-likeness (QED) is 0.838. The fraction of sp³-hybridized carbons (Fsp3) is 0.533. The third-order valence-corrected chi connectivity index (χ3v) is 4.27. The Balaban J connectivity index is 2.19. The first-order valence-corrected chi connectivity index (χ1v) is 7.11. The van der Waals surface area contributed by atoms with Gasteiger partial charge in [0.1, 0.15) is 17.4 Å². The molecule has 4 nitrogen and oxygen atoms in total. The van der Waals surface area contributed by atoms with Crippen LogP contribution in [0.1, 0.15) is 17.5 Å². The first-order valence-electron chi connectivity index (χ1n) is 6.73. The van der Waals surface area contributed by atoms with Gasteiger partial charge < -0.3 is 9.47 Å². The molecule has 2 rings (SSSR count). The van der Waals surface area contributed by atoms with Crippen molar-refractivity contribution in [3.63, 3.8) is 0 Å². The van der Waals surface area contributed by atoms with E-state index in [0.717, 1.165) is 18.5 Å². The van der Waals surface area contributed by atoms with E-state index in [1.165, 1.54) is 6.07 Å². The Morgan fingerprint density at radius 1 is 1.48 bits per heavy atom. The zero-order chi connectivity index (χ0) is 15.4. The number of methoxy groups -OCH3 is 2. The second-order valence-corrected chi connectivity index (χ2v) is 5.52. The van der Waals surface area contributed by atoms with Gasteiger partial charge in [-0.3, -0.25) is 4.90 Å². The molecule has 6 heteroatoms. The highest BCUT2D eigenvalue weighted by atomic mass is 35.5. The highest BCUT2D eigenvalue weighted by molar-refractivity contribution is 6.32. The molecule has 1 fully saturated rings. The zero-order valence-electron chi connectivity index (χ0n) is 12.1. The largest absolute Gasteiger partial charge is 0.383 e. The number of nitrogens with zero attached hydrogens (tertiary/aromatic N) is 2. The normalized spacial score (nSPS) is 22.4. The Bertz CT molecular complexity index is 547. The molecule has 1 aliphatic rings. The Morgan fingerprint density at radius 3 is 2.86 bits per heavy atom. The molecule has 0 aliphatic carbocycles. The van der Waals surface area contributed by atoms with Crippen LogP contribution in [0.4, 0.5) is 4.39 Å². The standard InChI is InChI=1S/C15H18ClFN2O2/c1-20-9-11-5-12(21-2)8-19(11)7-10-3-4-14(17)13(6-18)15(10)16/h3-4,11-12H,5,7-9H2,1-2H3/t11-,12-/m0/s1. The summed E-state index contributed by atoms with van der Waals surface area (Å²) in [5, 5.41) is 9.16. The van der Waals surface area contributed by atoms with Crippen molar-refractivity contribution in [3.8, 4) is 6.07 Å². The molecule has 1 aromatic carbocycles. The molecule has 0 aromatic heterocycles. The van der Waals surface area contributed by atoms with Gasteiger partial charge in [0.05, 0.1) is 17.7 Å². The van der Waals surface area contributed by atoms with Crippen molar-refractivity contribution in [2.24, 2.45) is 0 Å². The van der Waals surface area contributed by atoms with E-state index in [9.17, 15) is 4.39 Å². The van der Waals surface area contributed by atoms with Crippen molar-refractivity contribution < 1.29 is 13.9 Å². The van der Waals surface area contributed by atoms with E-state index in [1.54, 1.807) is 20.3 Å². The molecular weight excluding hydrogens is 295 g/mol. The van der Waals surface area contributed by atoms with E-state index in [-0.39, 0.29) is 22.7 Å². The van der Waals surface area contributed by atoms with Gasteiger partial charge in [0.25, 0.3) is 0 Å². The molecular formula is C15H18ClFN2O2. The van der Waals surface area contributed by atoms with Crippen LogP contribution in [-0.4, -0.2) is 44.4 Å². The Hall–Kier alpha value is -1.19. The summed E-state index contributed by atoms with van der Waals surface area (Å²) >= 11 is 6.14. The summed E-state index contributed by atoms with van der Waals surface area (Å²) in [6, 6.07) is 4.95. The van der Waals surface area contributed by atoms with Gasteiger partial charge in [0.15, 0.2) is 0 Å². The number of ether oxygens (including phenoxy) is 2. The fourth-order valence-corrected chi connectivity index (χ4v) is 2.96. The number of benzene rings is 1. The molecule has 21 heavy (non-hydrogen) atoms. The van der Waals surface area contributed by atoms with Crippen molar-refractivity contribution in [2.75, 3.05) is 27.4 Å². The number of likely N-dealkylation sites (tertiary alicyclic amines) is 1. The van der Waals surface area contributed by atoms with Crippen LogP contribution < -0.4 is 0 Å². The number of nitriles is 1. The van der Waals surface area contributed by atoms with E-state index >= 15 is 0 Å². The van der Waals surface area contributed by atoms with Gasteiger partial charge in [-0.25, -0.2) is 4.39 Å². The van der Waals surface area contributed by atoms with Crippen LogP contribution >= 0.6 is 11.6 Å². The van der Waals surface area contributed by atoms with Gasteiger partial charge in [-0.15, -0.1) is 0 Å². The maximum Gasteiger partial charge on any atom is 0.142 e. The van der Waals surface area contributed by atoms with Gasteiger partial charge >= 0.3 is 0 Å². The molecule has 1 aliphatic heterocycles. The van der Waals surface area contributed by atoms with Crippen LogP contribution in [0.15, 0.2) is 12.1 Å². The van der Waals surface area contributed by atoms with Gasteiger partial charge in [-0.05, 0) is 18.1 Å². The van der Waals surface area contributed by atoms with Crippen molar-refractivity contribution in [1.82, 2.24) is 4.90 Å². The zero-order valence-corrected chi connectivity index (χ0v) is 12.9. The lowest BCUT2D eigenvalue weighted by molar-refractivity contribution is 0.106. The van der Waals surface area contributed by atoms with E-state index in [4.69, 9.17) is 26.3 Å². The molecule has 1 heterocycles. The van der Waals surface area contributed by atoms with Gasteiger partial charge in [0, 0.05) is 33.4 Å². The summed E-state index contributed by atoms with van der Waals surface area (Å²) in [6.07, 6.45) is 1.04. The number of hydrogen-bond donors (Lipinski definition) is 0. The molecule has 1 aromatic rings. The van der Waals surface area contributed by atoms with Crippen LogP contribution in [0.2, 0.25) is 5.02 Å². The lowest BCUT2D eigenvalue weighted by Crippen LogP contribution is -2.32. The van der Waals surface area contributed by atoms with E-state index < -0.39 is 5.82 Å². The van der Waals surface area contributed by atoms with Crippen LogP contribution in [0.5, 0.6) is 0 Å². The van der Waals surface area contributed by atoms with Crippen LogP contribution in [0.3, 0.4) is 0 Å². The molecule has 0 radical (unpaired) electrons. The monoisotopic (exact) mass is 312 g/mol. The first-order chi connectivity index (χ1) is 10.1. The predicted octanol–water partition coefficient (Wildman–Crippen LogP) is 2.59. The number of halogens is 2. The summed E-state index contributed by atoms with van der Waals surface area (Å²) in [4.78, 5) is 2.19. The molecule has 0 saturated carbocycles. The maximum absolute atomic E-state index is 13.5. The smallest absolute Gasteiger partial charge is 0.142 e. The molecule has 0 unspecified atom stereocenters. The summed E-state index contributed by atoms with van der Waals surface area (Å²) in [5.74, 6) is -0.587. The molecule has 0 N–H and O–H groups in total. The summed E-state index contributed by atoms with van der Waals surface area (Å²) < 4.78 is 24.1. The van der Waals surface area contributed by atoms with Crippen molar-refractivity contribution in [2.45, 2.75) is 25.1 Å². The van der Waals surface area contributed by atoms with Crippen molar-refractivity contribution in [1.29, 1.82) is 5.26 Å². The Morgan fingerprint density at radius 2 is 2.24 bits per heavy atom. The third kappa shape index (κ3) is 3.53. The Kier molecular flexibility index (Phi) is 5.54. The minimum Gasteiger partial charge on any atom is -0.383 e. The second kappa shape index (κ2) is 7.19. The summed E-state index contributed by atoms with van der Waals surface area (Å²) in [5.41, 5.74) is 0.646. The van der Waals surface area contributed by atoms with Gasteiger partial charge in [-0.1, -0.05) is 17.7 Å². The molecule has 114 valence electrons. The second-order valence-electron chi connectivity index (χ2n) is 5.14. The minimum absolute atomic E-state index is 0.0973. The first kappa shape index (κ1) is 16.2. The van der Waals surface area contributed by atoms with Crippen molar-refractivity contribution in [3.05, 3.63) is 34.1 Å². The van der Waals surface area contributed by atoms with Crippen LogP contribution in [0, 0.1) is 17.1 Å². The van der Waals surface area contributed by atoms with Crippen molar-refractivity contribution >= 4 is 11.6 Å². The predicted molar refractivity (Wildman–Crippen MR) is 77.6 cm³/mol. The van der Waals surface area contributed by atoms with Gasteiger partial charge in [0.2, 0.25) is 0 Å². The molecule has 0 amide bonds. The van der Waals surface area contributed by atoms with Gasteiger partial charge in [-0.2, -0.15) is 5.26 Å². The van der Waals surface area contributed by atoms with Crippen LogP contribution in [0.25, 0.3) is 0 Å². The molecule has 0 spiro atoms. The Labute approximate surface area is 129 Å². The highest BCUT2D eigenvalue weighted by Crippen LogP contribution is 2.28. The topological polar surface area (TPSA) is 45.5 Å². The minimum atomic E-state index is -0.587. The summed E-state index contributed by atoms with van der Waals surface area (Å²) in [7, 11) is 3.35. The number of rotatable bonds is 5. The number of hydrogen-bond acceptors (Lipinski definition) is 4. The highest BCUT2D eigenvalue weighted by Gasteiger charge is 2.32. The van der Waals surface area contributed by atoms with E-state index in [2.05, 4.69) is 4.90 Å². The fourth-order valence-electron chi connectivity index (χ4n) is 2.71. The van der Waals surface area contributed by atoms with E-state index in [1.807, 2.05) is 6.07 Å². The lowest BCUT2D eigenvalue weighted by Gasteiger charge is -2.24. The van der Waals surface area contributed by atoms with E-state index in [0.29, 0.717) is 13.2 Å². The molecule has 2 atom stereocenters. The molecule has 0 bridgehead atoms.